The minimum absolute atomic E-state index is 0.725. The van der Waals surface area contributed by atoms with E-state index in [-0.39, 0.29) is 0 Å². The molecule has 1 aliphatic carbocycles. The summed E-state index contributed by atoms with van der Waals surface area (Å²) in [4.78, 5) is 0. The average Bonchev–Trinajstić information content (AvgIpc) is 3.06. The van der Waals surface area contributed by atoms with Crippen LogP contribution in [0.15, 0.2) is 0 Å². The van der Waals surface area contributed by atoms with Crippen LogP contribution < -0.4 is 0 Å². The number of hydrogen-bond donors (Lipinski definition) is 0. The van der Waals surface area contributed by atoms with Crippen LogP contribution in [-0.4, -0.2) is 0 Å². The van der Waals surface area contributed by atoms with Gasteiger partial charge in [-0.3, -0.25) is 0 Å². The molecule has 0 heterocycles. The Balaban J connectivity index is 2.16. The summed E-state index contributed by atoms with van der Waals surface area (Å²) in [6, 6.07) is 0. The lowest BCUT2D eigenvalue weighted by Crippen LogP contribution is -1.99. The molecule has 0 aliphatic heterocycles. The Morgan fingerprint density at radius 1 is 0.545 bits per heavy atom. The standard InChI is InChI=1S/C22H44/c1-5-8-10-12-13-14-16-18-21-20(17-15-11-9-6-2)22(21,4)19-7-3/h20-21H,5-19H2,1-4H3. The fraction of sp³-hybridized carbons (Fsp3) is 1.00. The van der Waals surface area contributed by atoms with Crippen LogP contribution in [0.4, 0.5) is 0 Å². The van der Waals surface area contributed by atoms with Gasteiger partial charge in [0.2, 0.25) is 0 Å². The van der Waals surface area contributed by atoms with Crippen LogP contribution in [-0.2, 0) is 0 Å². The lowest BCUT2D eigenvalue weighted by molar-refractivity contribution is 0.409. The second-order valence-corrected chi connectivity index (χ2v) is 8.23. The van der Waals surface area contributed by atoms with E-state index in [0.717, 1.165) is 17.3 Å². The van der Waals surface area contributed by atoms with Gasteiger partial charge in [0.25, 0.3) is 0 Å². The summed E-state index contributed by atoms with van der Waals surface area (Å²) in [6.07, 6.45) is 21.9. The van der Waals surface area contributed by atoms with Crippen LogP contribution in [0, 0.1) is 17.3 Å². The summed E-state index contributed by atoms with van der Waals surface area (Å²) in [7, 11) is 0. The zero-order valence-corrected chi connectivity index (χ0v) is 16.3. The summed E-state index contributed by atoms with van der Waals surface area (Å²) >= 11 is 0. The molecule has 0 spiro atoms. The fourth-order valence-corrected chi connectivity index (χ4v) is 4.85. The molecule has 1 fully saturated rings. The first kappa shape index (κ1) is 20.0. The van der Waals surface area contributed by atoms with Crippen LogP contribution in [0.1, 0.15) is 124 Å². The highest BCUT2D eigenvalue weighted by molar-refractivity contribution is 5.06. The van der Waals surface area contributed by atoms with E-state index in [1.807, 2.05) is 0 Å². The number of unbranched alkanes of at least 4 members (excludes halogenated alkanes) is 9. The lowest BCUT2D eigenvalue weighted by Gasteiger charge is -2.10. The van der Waals surface area contributed by atoms with Crippen molar-refractivity contribution in [1.29, 1.82) is 0 Å². The molecule has 1 aliphatic rings. The molecule has 0 radical (unpaired) electrons. The van der Waals surface area contributed by atoms with Gasteiger partial charge in [0, 0.05) is 0 Å². The van der Waals surface area contributed by atoms with Crippen LogP contribution in [0.2, 0.25) is 0 Å². The highest BCUT2D eigenvalue weighted by Gasteiger charge is 2.58. The first-order valence-corrected chi connectivity index (χ1v) is 10.7. The minimum Gasteiger partial charge on any atom is -0.0654 e. The Bertz CT molecular complexity index is 257. The van der Waals surface area contributed by atoms with Gasteiger partial charge in [-0.1, -0.05) is 105 Å². The van der Waals surface area contributed by atoms with E-state index in [9.17, 15) is 0 Å². The summed E-state index contributed by atoms with van der Waals surface area (Å²) in [5, 5.41) is 0. The summed E-state index contributed by atoms with van der Waals surface area (Å²) in [5.74, 6) is 2.15. The molecule has 0 aromatic carbocycles. The molecule has 132 valence electrons. The zero-order chi connectivity index (χ0) is 16.3. The first-order valence-electron chi connectivity index (χ1n) is 10.7. The Hall–Kier alpha value is 0. The third-order valence-corrected chi connectivity index (χ3v) is 6.35. The predicted octanol–water partition coefficient (Wildman–Crippen LogP) is 8.15. The molecule has 0 bridgehead atoms. The van der Waals surface area contributed by atoms with Crippen molar-refractivity contribution in [3.05, 3.63) is 0 Å². The van der Waals surface area contributed by atoms with E-state index in [1.165, 1.54) is 96.3 Å². The van der Waals surface area contributed by atoms with Crippen LogP contribution in [0.25, 0.3) is 0 Å². The van der Waals surface area contributed by atoms with Gasteiger partial charge in [-0.25, -0.2) is 0 Å². The maximum absolute atomic E-state index is 2.60. The lowest BCUT2D eigenvalue weighted by atomic mass is 9.95. The van der Waals surface area contributed by atoms with Crippen molar-refractivity contribution in [3.8, 4) is 0 Å². The molecule has 3 atom stereocenters. The summed E-state index contributed by atoms with van der Waals surface area (Å²) in [5.41, 5.74) is 0.725. The Kier molecular flexibility index (Phi) is 10.5. The van der Waals surface area contributed by atoms with Crippen molar-refractivity contribution >= 4 is 0 Å². The molecule has 3 unspecified atom stereocenters. The van der Waals surface area contributed by atoms with Gasteiger partial charge in [0.15, 0.2) is 0 Å². The van der Waals surface area contributed by atoms with Crippen molar-refractivity contribution < 1.29 is 0 Å². The molecule has 0 nitrogen and oxygen atoms in total. The normalized spacial score (nSPS) is 27.3. The van der Waals surface area contributed by atoms with Crippen LogP contribution in [0.3, 0.4) is 0 Å². The predicted molar refractivity (Wildman–Crippen MR) is 101 cm³/mol. The molecular formula is C22H44. The second kappa shape index (κ2) is 11.5. The maximum atomic E-state index is 2.60. The maximum Gasteiger partial charge on any atom is -0.0264 e. The SMILES string of the molecule is CCCCCCCCCC1C(CCCCCC)C1(C)CCC. The average molecular weight is 309 g/mol. The molecule has 1 saturated carbocycles. The Morgan fingerprint density at radius 3 is 1.41 bits per heavy atom. The van der Waals surface area contributed by atoms with Crippen molar-refractivity contribution in [1.82, 2.24) is 0 Å². The quantitative estimate of drug-likeness (QED) is 0.268. The van der Waals surface area contributed by atoms with E-state index in [2.05, 4.69) is 27.7 Å². The number of rotatable bonds is 15. The molecule has 0 aromatic heterocycles. The minimum atomic E-state index is 0.725. The molecular weight excluding hydrogens is 264 g/mol. The van der Waals surface area contributed by atoms with E-state index in [0.29, 0.717) is 0 Å². The second-order valence-electron chi connectivity index (χ2n) is 8.23. The highest BCUT2D eigenvalue weighted by atomic mass is 14.6. The van der Waals surface area contributed by atoms with Crippen molar-refractivity contribution in [2.45, 2.75) is 124 Å². The number of hydrogen-bond acceptors (Lipinski definition) is 0. The zero-order valence-electron chi connectivity index (χ0n) is 16.3. The third-order valence-electron chi connectivity index (χ3n) is 6.35. The monoisotopic (exact) mass is 308 g/mol. The summed E-state index contributed by atoms with van der Waals surface area (Å²) < 4.78 is 0. The van der Waals surface area contributed by atoms with Crippen LogP contribution >= 0.6 is 0 Å². The largest absolute Gasteiger partial charge is 0.0654 e. The Labute approximate surface area is 141 Å². The molecule has 0 aromatic rings. The van der Waals surface area contributed by atoms with Gasteiger partial charge in [0.05, 0.1) is 0 Å². The molecule has 0 heteroatoms. The van der Waals surface area contributed by atoms with Gasteiger partial charge in [-0.05, 0) is 36.5 Å². The van der Waals surface area contributed by atoms with Gasteiger partial charge < -0.3 is 0 Å². The molecule has 0 N–H and O–H groups in total. The van der Waals surface area contributed by atoms with E-state index in [1.54, 1.807) is 0 Å². The topological polar surface area (TPSA) is 0 Å². The van der Waals surface area contributed by atoms with E-state index in [4.69, 9.17) is 0 Å². The van der Waals surface area contributed by atoms with Crippen LogP contribution in [0.5, 0.6) is 0 Å². The van der Waals surface area contributed by atoms with E-state index >= 15 is 0 Å². The van der Waals surface area contributed by atoms with Gasteiger partial charge in [-0.15, -0.1) is 0 Å². The van der Waals surface area contributed by atoms with Crippen molar-refractivity contribution in [2.24, 2.45) is 17.3 Å². The van der Waals surface area contributed by atoms with Gasteiger partial charge in [-0.2, -0.15) is 0 Å². The smallest absolute Gasteiger partial charge is 0.0264 e. The molecule has 0 amide bonds. The molecule has 22 heavy (non-hydrogen) atoms. The van der Waals surface area contributed by atoms with Gasteiger partial charge >= 0.3 is 0 Å². The third kappa shape index (κ3) is 6.63. The first-order chi connectivity index (χ1) is 10.7. The van der Waals surface area contributed by atoms with E-state index < -0.39 is 0 Å². The van der Waals surface area contributed by atoms with Crippen molar-refractivity contribution in [2.75, 3.05) is 0 Å². The van der Waals surface area contributed by atoms with Gasteiger partial charge in [0.1, 0.15) is 0 Å². The molecule has 0 saturated heterocycles. The summed E-state index contributed by atoms with van der Waals surface area (Å²) in [6.45, 7) is 9.61. The fourth-order valence-electron chi connectivity index (χ4n) is 4.85. The van der Waals surface area contributed by atoms with Crippen molar-refractivity contribution in [3.63, 3.8) is 0 Å². The highest BCUT2D eigenvalue weighted by Crippen LogP contribution is 2.65. The molecule has 1 rings (SSSR count). The Morgan fingerprint density at radius 2 is 0.955 bits per heavy atom.